The number of rotatable bonds is 7. The van der Waals surface area contributed by atoms with Gasteiger partial charge < -0.3 is 20.4 Å². The number of nitrogens with two attached hydrogens (primary N) is 1. The lowest BCUT2D eigenvalue weighted by Crippen LogP contribution is -2.64. The Bertz CT molecular complexity index is 1140. The average molecular weight is 433 g/mol. The van der Waals surface area contributed by atoms with Gasteiger partial charge in [0.1, 0.15) is 17.5 Å². The SMILES string of the molecule is C[C@@]12C[C@@H](c3ccccc3O1)[C@@H](C(N)=O)C(=O)N2CCCCCc1nc2ccccc2[nH]1. The van der Waals surface area contributed by atoms with Gasteiger partial charge in [-0.1, -0.05) is 36.8 Å². The van der Waals surface area contributed by atoms with Crippen LogP contribution >= 0.6 is 0 Å². The normalized spacial score (nSPS) is 24.3. The summed E-state index contributed by atoms with van der Waals surface area (Å²) in [6, 6.07) is 15.7. The molecule has 0 spiro atoms. The maximum Gasteiger partial charge on any atom is 0.238 e. The number of imidazole rings is 1. The highest BCUT2D eigenvalue weighted by molar-refractivity contribution is 6.01. The number of para-hydroxylation sites is 3. The number of H-pyrrole nitrogens is 1. The van der Waals surface area contributed by atoms with Crippen LogP contribution in [0.5, 0.6) is 5.75 Å². The number of aromatic amines is 1. The van der Waals surface area contributed by atoms with E-state index in [-0.39, 0.29) is 11.8 Å². The van der Waals surface area contributed by atoms with Crippen LogP contribution in [0.4, 0.5) is 0 Å². The summed E-state index contributed by atoms with van der Waals surface area (Å²) in [5, 5.41) is 0. The van der Waals surface area contributed by atoms with Crippen molar-refractivity contribution in [3.63, 3.8) is 0 Å². The Kier molecular flexibility index (Phi) is 5.12. The number of aryl methyl sites for hydroxylation is 1. The number of hydrogen-bond donors (Lipinski definition) is 2. The molecule has 32 heavy (non-hydrogen) atoms. The molecule has 0 radical (unpaired) electrons. The smallest absolute Gasteiger partial charge is 0.238 e. The van der Waals surface area contributed by atoms with Gasteiger partial charge in [0.05, 0.1) is 11.0 Å². The van der Waals surface area contributed by atoms with E-state index in [1.807, 2.05) is 55.5 Å². The third kappa shape index (κ3) is 3.51. The second-order valence-electron chi connectivity index (χ2n) is 9.01. The topological polar surface area (TPSA) is 101 Å². The Morgan fingerprint density at radius 3 is 2.78 bits per heavy atom. The first kappa shape index (κ1) is 20.5. The molecule has 0 unspecified atom stereocenters. The van der Waals surface area contributed by atoms with Crippen molar-refractivity contribution < 1.29 is 14.3 Å². The number of unbranched alkanes of at least 4 members (excludes halogenated alkanes) is 2. The average Bonchev–Trinajstić information content (AvgIpc) is 3.18. The minimum atomic E-state index is -0.844. The summed E-state index contributed by atoms with van der Waals surface area (Å²) in [4.78, 5) is 35.3. The minimum absolute atomic E-state index is 0.219. The number of likely N-dealkylation sites (tertiary alicyclic amines) is 1. The van der Waals surface area contributed by atoms with Crippen LogP contribution in [0.1, 0.15) is 49.9 Å². The summed E-state index contributed by atoms with van der Waals surface area (Å²) in [6.07, 6.45) is 4.16. The van der Waals surface area contributed by atoms with Crippen molar-refractivity contribution in [3.05, 3.63) is 59.9 Å². The molecule has 2 aromatic carbocycles. The van der Waals surface area contributed by atoms with Crippen molar-refractivity contribution >= 4 is 22.8 Å². The van der Waals surface area contributed by atoms with E-state index in [4.69, 9.17) is 10.5 Å². The maximum atomic E-state index is 13.3. The van der Waals surface area contributed by atoms with Crippen LogP contribution < -0.4 is 10.5 Å². The molecule has 1 fully saturated rings. The second kappa shape index (κ2) is 7.97. The Morgan fingerprint density at radius 1 is 1.19 bits per heavy atom. The van der Waals surface area contributed by atoms with Gasteiger partial charge in [-0.25, -0.2) is 4.98 Å². The third-order valence-electron chi connectivity index (χ3n) is 6.79. The molecule has 7 heteroatoms. The zero-order valence-electron chi connectivity index (χ0n) is 18.2. The highest BCUT2D eigenvalue weighted by atomic mass is 16.5. The van der Waals surface area contributed by atoms with Crippen molar-refractivity contribution in [1.82, 2.24) is 14.9 Å². The number of piperidine rings is 1. The lowest BCUT2D eigenvalue weighted by molar-refractivity contribution is -0.175. The number of amides is 2. The molecule has 166 valence electrons. The molecule has 1 saturated heterocycles. The molecule has 0 aliphatic carbocycles. The summed E-state index contributed by atoms with van der Waals surface area (Å²) >= 11 is 0. The Morgan fingerprint density at radius 2 is 1.97 bits per heavy atom. The predicted octanol–water partition coefficient (Wildman–Crippen LogP) is 3.50. The van der Waals surface area contributed by atoms with E-state index in [9.17, 15) is 9.59 Å². The predicted molar refractivity (Wildman–Crippen MR) is 121 cm³/mol. The highest BCUT2D eigenvalue weighted by Gasteiger charge is 2.55. The van der Waals surface area contributed by atoms with Crippen LogP contribution in [0.2, 0.25) is 0 Å². The zero-order valence-corrected chi connectivity index (χ0v) is 18.2. The quantitative estimate of drug-likeness (QED) is 0.441. The van der Waals surface area contributed by atoms with E-state index in [0.717, 1.165) is 53.9 Å². The number of carbonyl (C=O) groups excluding carboxylic acids is 2. The van der Waals surface area contributed by atoms with Gasteiger partial charge in [0, 0.05) is 25.3 Å². The minimum Gasteiger partial charge on any atom is -0.468 e. The molecular formula is C25H28N4O3. The number of hydrogen-bond acceptors (Lipinski definition) is 4. The lowest BCUT2D eigenvalue weighted by Gasteiger charge is -2.52. The molecule has 3 N–H and O–H groups in total. The van der Waals surface area contributed by atoms with E-state index >= 15 is 0 Å². The van der Waals surface area contributed by atoms with Gasteiger partial charge in [-0.05, 0) is 43.5 Å². The molecular weight excluding hydrogens is 404 g/mol. The van der Waals surface area contributed by atoms with E-state index in [2.05, 4.69) is 9.97 Å². The number of nitrogens with one attached hydrogen (secondary N) is 1. The fourth-order valence-corrected chi connectivity index (χ4v) is 5.24. The molecule has 1 aromatic heterocycles. The van der Waals surface area contributed by atoms with Gasteiger partial charge in [-0.3, -0.25) is 9.59 Å². The number of ether oxygens (including phenoxy) is 1. The van der Waals surface area contributed by atoms with E-state index in [0.29, 0.717) is 13.0 Å². The number of aromatic nitrogens is 2. The van der Waals surface area contributed by atoms with E-state index < -0.39 is 17.6 Å². The third-order valence-corrected chi connectivity index (χ3v) is 6.79. The lowest BCUT2D eigenvalue weighted by atomic mass is 9.73. The highest BCUT2D eigenvalue weighted by Crippen LogP contribution is 2.50. The molecule has 3 aromatic rings. The first-order chi connectivity index (χ1) is 15.5. The van der Waals surface area contributed by atoms with Crippen molar-refractivity contribution in [3.8, 4) is 5.75 Å². The van der Waals surface area contributed by atoms with Gasteiger partial charge in [0.15, 0.2) is 5.72 Å². The number of primary amides is 1. The number of carbonyl (C=O) groups is 2. The van der Waals surface area contributed by atoms with Crippen molar-refractivity contribution in [1.29, 1.82) is 0 Å². The van der Waals surface area contributed by atoms with Crippen LogP contribution in [-0.2, 0) is 16.0 Å². The van der Waals surface area contributed by atoms with Gasteiger partial charge in [-0.15, -0.1) is 0 Å². The van der Waals surface area contributed by atoms with Gasteiger partial charge in [-0.2, -0.15) is 0 Å². The summed E-state index contributed by atoms with van der Waals surface area (Å²) in [5.41, 5.74) is 7.86. The van der Waals surface area contributed by atoms with E-state index in [1.54, 1.807) is 4.90 Å². The molecule has 7 nitrogen and oxygen atoms in total. The molecule has 0 saturated carbocycles. The molecule has 2 amide bonds. The largest absolute Gasteiger partial charge is 0.468 e. The Labute approximate surface area is 187 Å². The monoisotopic (exact) mass is 432 g/mol. The Hall–Kier alpha value is -3.35. The fourth-order valence-electron chi connectivity index (χ4n) is 5.24. The van der Waals surface area contributed by atoms with Crippen molar-refractivity contribution in [2.45, 2.75) is 50.7 Å². The van der Waals surface area contributed by atoms with Crippen LogP contribution in [-0.4, -0.2) is 39.0 Å². The fraction of sp³-hybridized carbons (Fsp3) is 0.400. The van der Waals surface area contributed by atoms with E-state index in [1.165, 1.54) is 0 Å². The van der Waals surface area contributed by atoms with Crippen molar-refractivity contribution in [2.75, 3.05) is 6.54 Å². The molecule has 2 bridgehead atoms. The molecule has 3 heterocycles. The molecule has 2 aliphatic rings. The van der Waals surface area contributed by atoms with Crippen LogP contribution in [0.25, 0.3) is 11.0 Å². The molecule has 2 aliphatic heterocycles. The maximum absolute atomic E-state index is 13.3. The van der Waals surface area contributed by atoms with Crippen molar-refractivity contribution in [2.24, 2.45) is 11.7 Å². The summed E-state index contributed by atoms with van der Waals surface area (Å²) in [7, 11) is 0. The second-order valence-corrected chi connectivity index (χ2v) is 9.01. The number of nitrogens with zero attached hydrogens (tertiary/aromatic N) is 2. The number of benzene rings is 2. The molecule has 3 atom stereocenters. The van der Waals surface area contributed by atoms with Gasteiger partial charge in [0.2, 0.25) is 11.8 Å². The zero-order chi connectivity index (χ0) is 22.3. The number of fused-ring (bicyclic) bond motifs is 5. The standard InChI is InChI=1S/C25H28N4O3/c1-25-15-17(16-9-4-7-12-20(16)32-25)22(23(26)30)24(31)29(25)14-8-2-3-13-21-27-18-10-5-6-11-19(18)28-21/h4-7,9-12,17,22H,2-3,8,13-15H2,1H3,(H2,26,30)(H,27,28)/t17-,22-,25-/m0/s1. The first-order valence-electron chi connectivity index (χ1n) is 11.3. The van der Waals surface area contributed by atoms with Crippen LogP contribution in [0.15, 0.2) is 48.5 Å². The van der Waals surface area contributed by atoms with Gasteiger partial charge >= 0.3 is 0 Å². The van der Waals surface area contributed by atoms with Crippen LogP contribution in [0.3, 0.4) is 0 Å². The van der Waals surface area contributed by atoms with Gasteiger partial charge in [0.25, 0.3) is 0 Å². The molecule has 5 rings (SSSR count). The summed E-state index contributed by atoms with van der Waals surface area (Å²) in [5.74, 6) is -0.143. The van der Waals surface area contributed by atoms with Crippen LogP contribution in [0, 0.1) is 5.92 Å². The summed E-state index contributed by atoms with van der Waals surface area (Å²) < 4.78 is 6.30. The Balaban J connectivity index is 1.25. The summed E-state index contributed by atoms with van der Waals surface area (Å²) in [6.45, 7) is 2.48. The first-order valence-corrected chi connectivity index (χ1v) is 11.3.